The summed E-state index contributed by atoms with van der Waals surface area (Å²) >= 11 is 0. The lowest BCUT2D eigenvalue weighted by molar-refractivity contribution is -0.129. The molecular formula is C18H25N3O6S. The number of hydrogen-bond acceptors (Lipinski definition) is 6. The number of alkyl carbamates (subject to hydrolysis) is 1. The van der Waals surface area contributed by atoms with Gasteiger partial charge in [-0.2, -0.15) is 0 Å². The molecule has 1 aromatic carbocycles. The fourth-order valence-electron chi connectivity index (χ4n) is 2.65. The van der Waals surface area contributed by atoms with Crippen molar-refractivity contribution in [1.82, 2.24) is 14.9 Å². The van der Waals surface area contributed by atoms with E-state index in [-0.39, 0.29) is 11.4 Å². The van der Waals surface area contributed by atoms with Gasteiger partial charge in [-0.05, 0) is 52.2 Å². The molecule has 0 aromatic heterocycles. The van der Waals surface area contributed by atoms with Gasteiger partial charge in [-0.3, -0.25) is 9.69 Å². The summed E-state index contributed by atoms with van der Waals surface area (Å²) in [4.78, 5) is 37.9. The Bertz CT molecular complexity index is 833. The normalized spacial score (nSPS) is 18.2. The van der Waals surface area contributed by atoms with Gasteiger partial charge in [0.1, 0.15) is 11.6 Å². The molecule has 2 N–H and O–H groups in total. The van der Waals surface area contributed by atoms with E-state index in [0.29, 0.717) is 19.3 Å². The molecule has 1 aliphatic rings. The Morgan fingerprint density at radius 3 is 2.39 bits per heavy atom. The third-order valence-electron chi connectivity index (χ3n) is 3.90. The lowest BCUT2D eigenvalue weighted by Gasteiger charge is -2.25. The van der Waals surface area contributed by atoms with E-state index in [1.54, 1.807) is 26.8 Å². The van der Waals surface area contributed by atoms with Crippen molar-refractivity contribution in [3.63, 3.8) is 0 Å². The van der Waals surface area contributed by atoms with Gasteiger partial charge in [-0.15, -0.1) is 0 Å². The Kier molecular flexibility index (Phi) is 6.65. The van der Waals surface area contributed by atoms with Crippen molar-refractivity contribution in [2.75, 3.05) is 6.54 Å². The standard InChI is InChI=1S/C18H25N3O6S/c1-18(2,3)27-17(24)19-14-11-7-8-12-21(15(14)22)16(23)20-28(25,26)13-9-5-4-6-10-13/h4-6,9-10,14H,7-8,11-12H2,1-3H3,(H,19,24)(H,20,23)/t14-/m0/s1. The van der Waals surface area contributed by atoms with E-state index < -0.39 is 39.7 Å². The molecule has 0 radical (unpaired) electrons. The fraction of sp³-hybridized carbons (Fsp3) is 0.500. The minimum atomic E-state index is -4.11. The molecule has 0 spiro atoms. The van der Waals surface area contributed by atoms with Crippen LogP contribution in [0.5, 0.6) is 0 Å². The van der Waals surface area contributed by atoms with Crippen molar-refractivity contribution in [3.05, 3.63) is 30.3 Å². The van der Waals surface area contributed by atoms with Crippen LogP contribution in [0.3, 0.4) is 0 Å². The van der Waals surface area contributed by atoms with Crippen molar-refractivity contribution in [1.29, 1.82) is 0 Å². The molecule has 10 heteroatoms. The molecule has 0 aliphatic carbocycles. The molecule has 0 bridgehead atoms. The molecule has 0 saturated carbocycles. The Hall–Kier alpha value is -2.62. The number of hydrogen-bond donors (Lipinski definition) is 2. The summed E-state index contributed by atoms with van der Waals surface area (Å²) in [7, 11) is -4.11. The first kappa shape index (κ1) is 21.7. The minimum Gasteiger partial charge on any atom is -0.444 e. The Morgan fingerprint density at radius 1 is 1.14 bits per heavy atom. The molecule has 4 amide bonds. The predicted molar refractivity (Wildman–Crippen MR) is 101 cm³/mol. The first-order chi connectivity index (χ1) is 13.0. The third-order valence-corrected chi connectivity index (χ3v) is 5.24. The van der Waals surface area contributed by atoms with Gasteiger partial charge in [0.05, 0.1) is 4.90 Å². The van der Waals surface area contributed by atoms with Gasteiger partial charge in [0.2, 0.25) is 0 Å². The van der Waals surface area contributed by atoms with Gasteiger partial charge in [0.25, 0.3) is 15.9 Å². The molecule has 1 saturated heterocycles. The van der Waals surface area contributed by atoms with Gasteiger partial charge < -0.3 is 10.1 Å². The second-order valence-electron chi connectivity index (χ2n) is 7.41. The molecular weight excluding hydrogens is 386 g/mol. The molecule has 154 valence electrons. The van der Waals surface area contributed by atoms with Gasteiger partial charge in [0.15, 0.2) is 0 Å². The maximum absolute atomic E-state index is 12.7. The topological polar surface area (TPSA) is 122 Å². The summed E-state index contributed by atoms with van der Waals surface area (Å²) in [6.07, 6.45) is 0.635. The Morgan fingerprint density at radius 2 is 1.79 bits per heavy atom. The summed E-state index contributed by atoms with van der Waals surface area (Å²) in [6, 6.07) is 5.36. The van der Waals surface area contributed by atoms with E-state index in [0.717, 1.165) is 4.90 Å². The highest BCUT2D eigenvalue weighted by Gasteiger charge is 2.34. The van der Waals surface area contributed by atoms with E-state index in [1.807, 2.05) is 4.72 Å². The Balaban J connectivity index is 2.10. The smallest absolute Gasteiger partial charge is 0.408 e. The Labute approximate surface area is 164 Å². The van der Waals surface area contributed by atoms with Crippen LogP contribution in [0.4, 0.5) is 9.59 Å². The number of nitrogens with zero attached hydrogens (tertiary/aromatic N) is 1. The number of amides is 4. The number of urea groups is 1. The first-order valence-electron chi connectivity index (χ1n) is 8.92. The quantitative estimate of drug-likeness (QED) is 0.784. The number of rotatable bonds is 3. The zero-order valence-electron chi connectivity index (χ0n) is 16.1. The zero-order chi connectivity index (χ0) is 20.9. The van der Waals surface area contributed by atoms with Crippen molar-refractivity contribution < 1.29 is 27.5 Å². The zero-order valence-corrected chi connectivity index (χ0v) is 16.9. The van der Waals surface area contributed by atoms with Crippen LogP contribution in [0, 0.1) is 0 Å². The van der Waals surface area contributed by atoms with E-state index >= 15 is 0 Å². The number of carbonyl (C=O) groups is 3. The summed E-state index contributed by atoms with van der Waals surface area (Å²) in [5.41, 5.74) is -0.737. The summed E-state index contributed by atoms with van der Waals surface area (Å²) in [5.74, 6) is -0.677. The van der Waals surface area contributed by atoms with Crippen LogP contribution in [0.1, 0.15) is 40.0 Å². The minimum absolute atomic E-state index is 0.0570. The lowest BCUT2D eigenvalue weighted by atomic mass is 10.1. The van der Waals surface area contributed by atoms with Gasteiger partial charge in [-0.25, -0.2) is 22.7 Å². The lowest BCUT2D eigenvalue weighted by Crippen LogP contribution is -2.53. The van der Waals surface area contributed by atoms with E-state index in [9.17, 15) is 22.8 Å². The molecule has 1 fully saturated rings. The van der Waals surface area contributed by atoms with Crippen LogP contribution in [-0.2, 0) is 19.6 Å². The molecule has 1 aromatic rings. The van der Waals surface area contributed by atoms with Crippen molar-refractivity contribution in [2.24, 2.45) is 0 Å². The average molecular weight is 411 g/mol. The first-order valence-corrected chi connectivity index (χ1v) is 10.4. The second-order valence-corrected chi connectivity index (χ2v) is 9.09. The van der Waals surface area contributed by atoms with Crippen LogP contribution < -0.4 is 10.0 Å². The average Bonchev–Trinajstić information content (AvgIpc) is 2.76. The van der Waals surface area contributed by atoms with Crippen LogP contribution in [0.25, 0.3) is 0 Å². The molecule has 28 heavy (non-hydrogen) atoms. The number of benzene rings is 1. The number of nitrogens with one attached hydrogen (secondary N) is 2. The number of sulfonamides is 1. The highest BCUT2D eigenvalue weighted by atomic mass is 32.2. The highest BCUT2D eigenvalue weighted by Crippen LogP contribution is 2.15. The SMILES string of the molecule is CC(C)(C)OC(=O)N[C@H]1CCCCN(C(=O)NS(=O)(=O)c2ccccc2)C1=O. The maximum atomic E-state index is 12.7. The van der Waals surface area contributed by atoms with Gasteiger partial charge >= 0.3 is 12.1 Å². The molecule has 1 heterocycles. The van der Waals surface area contributed by atoms with Gasteiger partial charge in [0, 0.05) is 6.54 Å². The van der Waals surface area contributed by atoms with Crippen molar-refractivity contribution >= 4 is 28.1 Å². The van der Waals surface area contributed by atoms with E-state index in [4.69, 9.17) is 4.74 Å². The molecule has 1 atom stereocenters. The summed E-state index contributed by atoms with van der Waals surface area (Å²) in [5, 5.41) is 2.46. The monoisotopic (exact) mass is 411 g/mol. The van der Waals surface area contributed by atoms with Crippen LogP contribution >= 0.6 is 0 Å². The summed E-state index contributed by atoms with van der Waals surface area (Å²) < 4.78 is 31.7. The predicted octanol–water partition coefficient (Wildman–Crippen LogP) is 1.99. The van der Waals surface area contributed by atoms with E-state index in [2.05, 4.69) is 5.32 Å². The third kappa shape index (κ3) is 5.95. The number of imide groups is 1. The van der Waals surface area contributed by atoms with Crippen LogP contribution in [0.15, 0.2) is 35.2 Å². The van der Waals surface area contributed by atoms with Crippen molar-refractivity contribution in [2.45, 2.75) is 56.6 Å². The van der Waals surface area contributed by atoms with Crippen LogP contribution in [-0.4, -0.2) is 49.5 Å². The number of likely N-dealkylation sites (tertiary alicyclic amines) is 1. The van der Waals surface area contributed by atoms with Crippen molar-refractivity contribution in [3.8, 4) is 0 Å². The fourth-order valence-corrected chi connectivity index (χ4v) is 3.63. The summed E-state index contributed by atoms with van der Waals surface area (Å²) in [6.45, 7) is 5.13. The second kappa shape index (κ2) is 8.59. The van der Waals surface area contributed by atoms with Gasteiger partial charge in [-0.1, -0.05) is 18.2 Å². The molecule has 9 nitrogen and oxygen atoms in total. The van der Waals surface area contributed by atoms with Crippen LogP contribution in [0.2, 0.25) is 0 Å². The highest BCUT2D eigenvalue weighted by molar-refractivity contribution is 7.90. The molecule has 2 rings (SSSR count). The largest absolute Gasteiger partial charge is 0.444 e. The van der Waals surface area contributed by atoms with E-state index in [1.165, 1.54) is 24.3 Å². The molecule has 1 aliphatic heterocycles. The number of ether oxygens (including phenoxy) is 1. The molecule has 0 unspecified atom stereocenters. The maximum Gasteiger partial charge on any atom is 0.408 e. The number of carbonyl (C=O) groups excluding carboxylic acids is 3.